The van der Waals surface area contributed by atoms with E-state index in [0.717, 1.165) is 47.4 Å². The summed E-state index contributed by atoms with van der Waals surface area (Å²) in [6, 6.07) is 13.6. The topological polar surface area (TPSA) is 69.3 Å². The Balaban J connectivity index is 1.19. The number of rotatable bonds is 6. The molecule has 0 spiro atoms. The molecule has 0 bridgehead atoms. The number of benzene rings is 2. The summed E-state index contributed by atoms with van der Waals surface area (Å²) in [5, 5.41) is 3.99. The second-order valence-electron chi connectivity index (χ2n) is 7.64. The quantitative estimate of drug-likeness (QED) is 0.514. The third kappa shape index (κ3) is 3.94. The van der Waals surface area contributed by atoms with Crippen LogP contribution in [-0.2, 0) is 24.2 Å². The zero-order valence-corrected chi connectivity index (χ0v) is 16.6. The maximum atomic E-state index is 12.3. The third-order valence-corrected chi connectivity index (χ3v) is 5.46. The van der Waals surface area contributed by atoms with Gasteiger partial charge in [-0.15, -0.1) is 0 Å². The molecule has 6 nitrogen and oxygen atoms in total. The van der Waals surface area contributed by atoms with Crippen LogP contribution in [0, 0.1) is 0 Å². The van der Waals surface area contributed by atoms with Crippen molar-refractivity contribution in [3.05, 3.63) is 78.1 Å². The lowest BCUT2D eigenvalue weighted by atomic mass is 9.96. The van der Waals surface area contributed by atoms with E-state index in [4.69, 9.17) is 9.15 Å². The Bertz CT molecular complexity index is 1160. The van der Waals surface area contributed by atoms with Crippen LogP contribution in [0.1, 0.15) is 29.7 Å². The third-order valence-electron chi connectivity index (χ3n) is 5.46. The van der Waals surface area contributed by atoms with E-state index in [1.165, 1.54) is 18.4 Å². The standard InChI is InChI=1S/C24H23N3O3/c28-24(26-18-7-5-17(6-8-18)14-27-12-11-25-16-27)15-29-19-9-10-23-21(13-19)20-3-1-2-4-22(20)30-23/h5-13,16H,1-4,14-15H2,(H,26,28). The fraction of sp³-hybridized carbons (Fsp3) is 0.250. The Morgan fingerprint density at radius 3 is 2.83 bits per heavy atom. The number of fused-ring (bicyclic) bond motifs is 3. The molecular formula is C24H23N3O3. The molecule has 2 heterocycles. The molecule has 1 N–H and O–H groups in total. The van der Waals surface area contributed by atoms with Crippen molar-refractivity contribution in [1.29, 1.82) is 0 Å². The van der Waals surface area contributed by atoms with Gasteiger partial charge in [0.05, 0.1) is 6.33 Å². The van der Waals surface area contributed by atoms with Gasteiger partial charge < -0.3 is 19.0 Å². The summed E-state index contributed by atoms with van der Waals surface area (Å²) in [4.78, 5) is 16.3. The van der Waals surface area contributed by atoms with E-state index < -0.39 is 0 Å². The molecule has 2 aromatic carbocycles. The molecular weight excluding hydrogens is 378 g/mol. The minimum atomic E-state index is -0.188. The van der Waals surface area contributed by atoms with Gasteiger partial charge in [-0.25, -0.2) is 4.98 Å². The highest BCUT2D eigenvalue weighted by atomic mass is 16.5. The van der Waals surface area contributed by atoms with Crippen LogP contribution >= 0.6 is 0 Å². The van der Waals surface area contributed by atoms with Crippen LogP contribution in [0.2, 0.25) is 0 Å². The van der Waals surface area contributed by atoms with Gasteiger partial charge in [-0.2, -0.15) is 0 Å². The van der Waals surface area contributed by atoms with E-state index in [2.05, 4.69) is 10.3 Å². The van der Waals surface area contributed by atoms with Crippen molar-refractivity contribution in [1.82, 2.24) is 9.55 Å². The molecule has 1 amide bonds. The van der Waals surface area contributed by atoms with Crippen LogP contribution in [0.3, 0.4) is 0 Å². The molecule has 2 aromatic heterocycles. The van der Waals surface area contributed by atoms with Gasteiger partial charge in [-0.05, 0) is 55.2 Å². The van der Waals surface area contributed by atoms with Gasteiger partial charge in [0.1, 0.15) is 17.1 Å². The van der Waals surface area contributed by atoms with Crippen LogP contribution < -0.4 is 10.1 Å². The molecule has 1 aliphatic carbocycles. The van der Waals surface area contributed by atoms with Crippen LogP contribution in [-0.4, -0.2) is 22.1 Å². The van der Waals surface area contributed by atoms with Gasteiger partial charge in [-0.3, -0.25) is 4.79 Å². The van der Waals surface area contributed by atoms with E-state index >= 15 is 0 Å². The van der Waals surface area contributed by atoms with Crippen LogP contribution in [0.4, 0.5) is 5.69 Å². The summed E-state index contributed by atoms with van der Waals surface area (Å²) in [7, 11) is 0. The SMILES string of the molecule is O=C(COc1ccc2oc3c(c2c1)CCCC3)Nc1ccc(Cn2ccnc2)cc1. The molecule has 30 heavy (non-hydrogen) atoms. The largest absolute Gasteiger partial charge is 0.484 e. The number of carbonyl (C=O) groups excluding carboxylic acids is 1. The first kappa shape index (κ1) is 18.5. The number of carbonyl (C=O) groups is 1. The summed E-state index contributed by atoms with van der Waals surface area (Å²) in [6.45, 7) is 0.708. The Morgan fingerprint density at radius 1 is 1.13 bits per heavy atom. The maximum absolute atomic E-state index is 12.3. The van der Waals surface area contributed by atoms with Gasteiger partial charge >= 0.3 is 0 Å². The highest BCUT2D eigenvalue weighted by molar-refractivity contribution is 5.92. The number of aryl methyl sites for hydroxylation is 2. The first-order chi connectivity index (χ1) is 14.7. The molecule has 0 fully saturated rings. The molecule has 0 aliphatic heterocycles. The Labute approximate surface area is 174 Å². The molecule has 4 aromatic rings. The number of nitrogens with one attached hydrogen (secondary N) is 1. The summed E-state index contributed by atoms with van der Waals surface area (Å²) in [5.74, 6) is 1.59. The van der Waals surface area contributed by atoms with Gasteiger partial charge in [0.15, 0.2) is 6.61 Å². The number of furan rings is 1. The summed E-state index contributed by atoms with van der Waals surface area (Å²) in [6.07, 6.45) is 9.88. The first-order valence-corrected chi connectivity index (χ1v) is 10.3. The molecule has 0 unspecified atom stereocenters. The number of imidazole rings is 1. The van der Waals surface area contributed by atoms with Gasteiger partial charge in [0.2, 0.25) is 0 Å². The Kier molecular flexibility index (Phi) is 4.97. The number of hydrogen-bond donors (Lipinski definition) is 1. The normalized spacial score (nSPS) is 13.2. The zero-order valence-electron chi connectivity index (χ0n) is 16.6. The molecule has 0 radical (unpaired) electrons. The number of nitrogens with zero attached hydrogens (tertiary/aromatic N) is 2. The first-order valence-electron chi connectivity index (χ1n) is 10.3. The second kappa shape index (κ2) is 8.06. The maximum Gasteiger partial charge on any atom is 0.262 e. The zero-order chi connectivity index (χ0) is 20.3. The molecule has 0 atom stereocenters. The highest BCUT2D eigenvalue weighted by Crippen LogP contribution is 2.33. The van der Waals surface area contributed by atoms with Crippen molar-refractivity contribution in [2.45, 2.75) is 32.2 Å². The Hall–Kier alpha value is -3.54. The predicted octanol–water partition coefficient (Wildman–Crippen LogP) is 4.57. The summed E-state index contributed by atoms with van der Waals surface area (Å²) < 4.78 is 13.7. The van der Waals surface area contributed by atoms with E-state index in [1.807, 2.05) is 53.2 Å². The monoisotopic (exact) mass is 401 g/mol. The lowest BCUT2D eigenvalue weighted by molar-refractivity contribution is -0.118. The van der Waals surface area contributed by atoms with E-state index in [-0.39, 0.29) is 12.5 Å². The minimum absolute atomic E-state index is 0.0393. The molecule has 0 saturated heterocycles. The van der Waals surface area contributed by atoms with Gasteiger partial charge in [0.25, 0.3) is 5.91 Å². The Morgan fingerprint density at radius 2 is 2.00 bits per heavy atom. The predicted molar refractivity (Wildman–Crippen MR) is 115 cm³/mol. The average molecular weight is 401 g/mol. The molecule has 1 aliphatic rings. The fourth-order valence-electron chi connectivity index (χ4n) is 3.96. The lowest BCUT2D eigenvalue weighted by Gasteiger charge is -2.10. The summed E-state index contributed by atoms with van der Waals surface area (Å²) in [5.41, 5.74) is 4.08. The number of amides is 1. The summed E-state index contributed by atoms with van der Waals surface area (Å²) >= 11 is 0. The van der Waals surface area contributed by atoms with E-state index in [0.29, 0.717) is 5.75 Å². The molecule has 0 saturated carbocycles. The van der Waals surface area contributed by atoms with Crippen LogP contribution in [0.25, 0.3) is 11.0 Å². The lowest BCUT2D eigenvalue weighted by Crippen LogP contribution is -2.20. The molecule has 152 valence electrons. The van der Waals surface area contributed by atoms with Crippen molar-refractivity contribution in [2.75, 3.05) is 11.9 Å². The number of aromatic nitrogens is 2. The van der Waals surface area contributed by atoms with Gasteiger partial charge in [-0.1, -0.05) is 12.1 Å². The van der Waals surface area contributed by atoms with Crippen molar-refractivity contribution in [2.24, 2.45) is 0 Å². The fourth-order valence-corrected chi connectivity index (χ4v) is 3.96. The van der Waals surface area contributed by atoms with E-state index in [9.17, 15) is 4.79 Å². The van der Waals surface area contributed by atoms with Crippen molar-refractivity contribution in [3.63, 3.8) is 0 Å². The highest BCUT2D eigenvalue weighted by Gasteiger charge is 2.18. The van der Waals surface area contributed by atoms with Crippen LogP contribution in [0.5, 0.6) is 5.75 Å². The smallest absolute Gasteiger partial charge is 0.262 e. The van der Waals surface area contributed by atoms with Crippen molar-refractivity contribution < 1.29 is 13.9 Å². The van der Waals surface area contributed by atoms with Crippen molar-refractivity contribution in [3.8, 4) is 5.75 Å². The molecule has 6 heteroatoms. The van der Waals surface area contributed by atoms with Gasteiger partial charge in [0, 0.05) is 42.0 Å². The number of anilines is 1. The number of ether oxygens (including phenoxy) is 1. The number of hydrogen-bond acceptors (Lipinski definition) is 4. The van der Waals surface area contributed by atoms with Crippen molar-refractivity contribution >= 4 is 22.6 Å². The second-order valence-corrected chi connectivity index (χ2v) is 7.64. The molecule has 5 rings (SSSR count). The van der Waals surface area contributed by atoms with Crippen LogP contribution in [0.15, 0.2) is 65.6 Å². The van der Waals surface area contributed by atoms with E-state index in [1.54, 1.807) is 12.5 Å². The minimum Gasteiger partial charge on any atom is -0.484 e. The average Bonchev–Trinajstić information content (AvgIpc) is 3.41.